The molecule has 57 heavy (non-hydrogen) atoms. The van der Waals surface area contributed by atoms with Crippen molar-refractivity contribution in [2.75, 3.05) is 46.6 Å². The van der Waals surface area contributed by atoms with Crippen LogP contribution < -0.4 is 14.2 Å². The van der Waals surface area contributed by atoms with Gasteiger partial charge in [-0.1, -0.05) is 46.6 Å². The van der Waals surface area contributed by atoms with E-state index in [1.165, 1.54) is 4.90 Å². The van der Waals surface area contributed by atoms with Crippen molar-refractivity contribution >= 4 is 35.2 Å². The minimum atomic E-state index is -1.01. The van der Waals surface area contributed by atoms with Crippen molar-refractivity contribution in [2.45, 2.75) is 76.8 Å². The summed E-state index contributed by atoms with van der Waals surface area (Å²) in [6.45, 7) is 4.51. The van der Waals surface area contributed by atoms with Gasteiger partial charge < -0.3 is 33.9 Å². The molecular weight excluding hydrogens is 771 g/mol. The molecule has 2 heterocycles. The summed E-state index contributed by atoms with van der Waals surface area (Å²) in [5.41, 5.74) is 4.02. The molecule has 0 unspecified atom stereocenters. The first-order chi connectivity index (χ1) is 27.6. The van der Waals surface area contributed by atoms with Gasteiger partial charge in [-0.2, -0.15) is 5.21 Å². The Balaban J connectivity index is 1.04. The van der Waals surface area contributed by atoms with Gasteiger partial charge in [0, 0.05) is 51.2 Å². The highest BCUT2D eigenvalue weighted by atomic mass is 35.5. The Hall–Kier alpha value is -4.59. The number of hydrogen-bond donors (Lipinski definition) is 2. The van der Waals surface area contributed by atoms with E-state index in [2.05, 4.69) is 32.8 Å². The van der Waals surface area contributed by atoms with Crippen LogP contribution in [0.3, 0.4) is 0 Å². The highest BCUT2D eigenvalue weighted by Crippen LogP contribution is 2.48. The Kier molecular flexibility index (Phi) is 13.1. The lowest BCUT2D eigenvalue weighted by Crippen LogP contribution is -2.49. The number of carbonyl (C=O) groups is 2. The molecule has 1 aromatic heterocycles. The van der Waals surface area contributed by atoms with Crippen molar-refractivity contribution in [1.82, 2.24) is 30.4 Å². The first kappa shape index (κ1) is 40.6. The van der Waals surface area contributed by atoms with Crippen LogP contribution in [-0.2, 0) is 28.9 Å². The third-order valence-electron chi connectivity index (χ3n) is 11.1. The molecule has 15 heteroatoms. The third-order valence-corrected chi connectivity index (χ3v) is 11.7. The summed E-state index contributed by atoms with van der Waals surface area (Å²) in [6, 6.07) is 17.7. The van der Waals surface area contributed by atoms with Gasteiger partial charge in [0.2, 0.25) is 5.91 Å². The molecule has 2 atom stereocenters. The van der Waals surface area contributed by atoms with E-state index in [-0.39, 0.29) is 43.0 Å². The molecule has 1 saturated heterocycles. The number of nitrogens with zero attached hydrogens (tertiary/aromatic N) is 5. The number of aromatic nitrogens is 4. The second-order valence-corrected chi connectivity index (χ2v) is 16.4. The smallest absolute Gasteiger partial charge is 0.407 e. The second-order valence-electron chi connectivity index (χ2n) is 15.6. The average molecular weight is 822 g/mol. The Labute approximate surface area is 342 Å². The van der Waals surface area contributed by atoms with Crippen molar-refractivity contribution in [3.8, 4) is 17.2 Å². The number of piperidine rings is 1. The molecule has 3 aromatic carbocycles. The zero-order valence-electron chi connectivity index (χ0n) is 32.4. The highest BCUT2D eigenvalue weighted by molar-refractivity contribution is 6.37. The summed E-state index contributed by atoms with van der Waals surface area (Å²) in [4.78, 5) is 30.3. The fourth-order valence-corrected chi connectivity index (χ4v) is 8.45. The SMILES string of the molecule is COCCCc1cc(CN(C(=O)[C@H]2CN(C(=O)O)CC[C@@H]2c2ccc(OCCOc3c(Cl)cc(C)cc3Cl)cc2)C2CC2)cc(OCC2(Cc3nn[nH]n3)CC2)c1. The lowest BCUT2D eigenvalue weighted by atomic mass is 9.79. The molecule has 7 rings (SSSR count). The average Bonchev–Trinajstić information content (AvgIpc) is 4.13. The van der Waals surface area contributed by atoms with E-state index in [4.69, 9.17) is 42.1 Å². The summed E-state index contributed by atoms with van der Waals surface area (Å²) in [6.07, 6.45) is 5.79. The summed E-state index contributed by atoms with van der Waals surface area (Å²) in [7, 11) is 1.70. The number of ether oxygens (including phenoxy) is 4. The number of benzene rings is 3. The number of hydrogen-bond acceptors (Lipinski definition) is 9. The Bertz CT molecular complexity index is 1970. The van der Waals surface area contributed by atoms with E-state index >= 15 is 0 Å². The highest BCUT2D eigenvalue weighted by Gasteiger charge is 2.45. The molecule has 13 nitrogen and oxygen atoms in total. The van der Waals surface area contributed by atoms with E-state index in [0.29, 0.717) is 66.5 Å². The predicted molar refractivity (Wildman–Crippen MR) is 214 cm³/mol. The Morgan fingerprint density at radius 3 is 2.35 bits per heavy atom. The van der Waals surface area contributed by atoms with Crippen molar-refractivity contribution in [1.29, 1.82) is 0 Å². The Morgan fingerprint density at radius 1 is 0.947 bits per heavy atom. The van der Waals surface area contributed by atoms with Crippen molar-refractivity contribution in [3.05, 3.63) is 92.7 Å². The maximum absolute atomic E-state index is 14.7. The fraction of sp³-hybridized carbons (Fsp3) is 0.500. The van der Waals surface area contributed by atoms with Crippen molar-refractivity contribution < 1.29 is 33.6 Å². The van der Waals surface area contributed by atoms with Gasteiger partial charge in [-0.15, -0.1) is 10.2 Å². The van der Waals surface area contributed by atoms with Crippen LogP contribution in [0.2, 0.25) is 10.0 Å². The van der Waals surface area contributed by atoms with Gasteiger partial charge in [-0.3, -0.25) is 4.79 Å². The third kappa shape index (κ3) is 10.7. The van der Waals surface area contributed by atoms with Crippen LogP contribution in [0, 0.1) is 18.3 Å². The minimum absolute atomic E-state index is 0.0118. The van der Waals surface area contributed by atoms with Crippen LogP contribution in [0.5, 0.6) is 17.2 Å². The molecule has 2 aliphatic carbocycles. The van der Waals surface area contributed by atoms with E-state index in [9.17, 15) is 14.7 Å². The van der Waals surface area contributed by atoms with E-state index in [1.54, 1.807) is 19.2 Å². The van der Waals surface area contributed by atoms with Crippen LogP contribution in [0.15, 0.2) is 54.6 Å². The van der Waals surface area contributed by atoms with E-state index in [0.717, 1.165) is 66.5 Å². The molecule has 304 valence electrons. The Morgan fingerprint density at radius 2 is 1.68 bits per heavy atom. The zero-order valence-corrected chi connectivity index (χ0v) is 33.9. The van der Waals surface area contributed by atoms with Gasteiger partial charge in [0.05, 0.1) is 22.6 Å². The molecule has 2 saturated carbocycles. The molecular formula is C42H50Cl2N6O7. The number of amides is 2. The number of carbonyl (C=O) groups excluding carboxylic acids is 1. The number of nitrogens with one attached hydrogen (secondary N) is 1. The predicted octanol–water partition coefficient (Wildman–Crippen LogP) is 7.53. The standard InChI is InChI=1S/C42H50Cl2N6O7/c1-27-18-36(43)39(37(44)19-27)56-17-16-55-32-9-5-30(6-10-32)34-11-14-49(41(52)53)25-35(34)40(51)50(31-7-8-31)24-29-20-28(4-3-15-54-2)21-33(22-29)57-26-42(12-13-42)23-38-45-47-48-46-38/h5-6,9-10,18-22,31,34-35H,3-4,7-8,11-17,23-26H2,1-2H3,(H,52,53)(H,45,46,47,48)/t34-,35+/m1/s1. The van der Waals surface area contributed by atoms with Crippen LogP contribution >= 0.6 is 23.2 Å². The van der Waals surface area contributed by atoms with Gasteiger partial charge in [0.15, 0.2) is 11.6 Å². The van der Waals surface area contributed by atoms with Crippen molar-refractivity contribution in [2.24, 2.45) is 11.3 Å². The molecule has 2 amide bonds. The van der Waals surface area contributed by atoms with Crippen LogP contribution in [0.1, 0.15) is 72.5 Å². The van der Waals surface area contributed by atoms with Gasteiger partial charge >= 0.3 is 6.09 Å². The monoisotopic (exact) mass is 820 g/mol. The summed E-state index contributed by atoms with van der Waals surface area (Å²) in [5.74, 6) is 1.81. The number of H-pyrrole nitrogens is 1. The maximum Gasteiger partial charge on any atom is 0.407 e. The van der Waals surface area contributed by atoms with Gasteiger partial charge in [0.25, 0.3) is 0 Å². The number of likely N-dealkylation sites (tertiary alicyclic amines) is 1. The largest absolute Gasteiger partial charge is 0.493 e. The van der Waals surface area contributed by atoms with E-state index < -0.39 is 12.0 Å². The first-order valence-electron chi connectivity index (χ1n) is 19.7. The number of methoxy groups -OCH3 is 1. The quantitative estimate of drug-likeness (QED) is 0.0909. The van der Waals surface area contributed by atoms with Crippen LogP contribution in [0.25, 0.3) is 0 Å². The van der Waals surface area contributed by atoms with E-state index in [1.807, 2.05) is 42.2 Å². The van der Waals surface area contributed by atoms with Gasteiger partial charge in [-0.05, 0) is 116 Å². The lowest BCUT2D eigenvalue weighted by molar-refractivity contribution is -0.139. The number of rotatable bonds is 19. The maximum atomic E-state index is 14.7. The number of aryl methyl sites for hydroxylation is 2. The van der Waals surface area contributed by atoms with Gasteiger partial charge in [-0.25, -0.2) is 4.79 Å². The van der Waals surface area contributed by atoms with Crippen molar-refractivity contribution in [3.63, 3.8) is 0 Å². The molecule has 0 bridgehead atoms. The summed E-state index contributed by atoms with van der Waals surface area (Å²) >= 11 is 12.6. The molecule has 4 aromatic rings. The lowest BCUT2D eigenvalue weighted by Gasteiger charge is -2.39. The number of carboxylic acid groups (broad SMARTS) is 1. The molecule has 2 N–H and O–H groups in total. The van der Waals surface area contributed by atoms with Gasteiger partial charge in [0.1, 0.15) is 24.7 Å². The second kappa shape index (κ2) is 18.3. The molecule has 3 aliphatic rings. The fourth-order valence-electron chi connectivity index (χ4n) is 7.74. The zero-order chi connectivity index (χ0) is 39.9. The number of aromatic amines is 1. The molecule has 1 aliphatic heterocycles. The normalized spacial score (nSPS) is 18.6. The molecule has 0 radical (unpaired) electrons. The summed E-state index contributed by atoms with van der Waals surface area (Å²) in [5, 5.41) is 25.4. The minimum Gasteiger partial charge on any atom is -0.493 e. The summed E-state index contributed by atoms with van der Waals surface area (Å²) < 4.78 is 23.6. The van der Waals surface area contributed by atoms with Crippen LogP contribution in [0.4, 0.5) is 4.79 Å². The first-order valence-corrected chi connectivity index (χ1v) is 20.4. The molecule has 3 fully saturated rings. The number of halogens is 2. The van der Waals surface area contributed by atoms with Crippen LogP contribution in [-0.4, -0.2) is 100 Å². The topological polar surface area (TPSA) is 152 Å². The molecule has 0 spiro atoms. The number of tetrazole rings is 1.